The van der Waals surface area contributed by atoms with E-state index in [0.717, 1.165) is 51.4 Å². The van der Waals surface area contributed by atoms with Crippen LogP contribution >= 0.6 is 0 Å². The molecule has 0 radical (unpaired) electrons. The second-order valence-electron chi connectivity index (χ2n) is 18.1. The van der Waals surface area contributed by atoms with Crippen molar-refractivity contribution in [3.8, 4) is 0 Å². The molecule has 0 bridgehead atoms. The second kappa shape index (κ2) is 43.9. The highest BCUT2D eigenvalue weighted by molar-refractivity contribution is 5.72. The minimum absolute atomic E-state index is 0.0554. The number of esters is 2. The lowest BCUT2D eigenvalue weighted by Crippen LogP contribution is -2.50. The molecule has 0 saturated carbocycles. The first-order valence-electron chi connectivity index (χ1n) is 25.2. The third kappa shape index (κ3) is 42.4. The number of hydrogen-bond donors (Lipinski definition) is 1. The molecule has 0 aliphatic heterocycles. The Morgan fingerprint density at radius 2 is 0.934 bits per heavy atom. The van der Waals surface area contributed by atoms with E-state index in [9.17, 15) is 19.5 Å². The van der Waals surface area contributed by atoms with E-state index >= 15 is 0 Å². The zero-order valence-electron chi connectivity index (χ0n) is 40.4. The zero-order chi connectivity index (χ0) is 44.9. The van der Waals surface area contributed by atoms with Crippen LogP contribution in [0.3, 0.4) is 0 Å². The van der Waals surface area contributed by atoms with E-state index in [1.165, 1.54) is 135 Å². The predicted octanol–water partition coefficient (Wildman–Crippen LogP) is 14.4. The van der Waals surface area contributed by atoms with Crippen LogP contribution in [0.4, 0.5) is 0 Å². The van der Waals surface area contributed by atoms with Crippen LogP contribution in [0.15, 0.2) is 48.6 Å². The van der Waals surface area contributed by atoms with Crippen molar-refractivity contribution >= 4 is 17.9 Å². The van der Waals surface area contributed by atoms with Gasteiger partial charge in [0.25, 0.3) is 0 Å². The Hall–Kier alpha value is -2.71. The van der Waals surface area contributed by atoms with Gasteiger partial charge in [-0.25, -0.2) is 4.79 Å². The number of unbranched alkanes of at least 4 members (excludes halogenated alkanes) is 25. The average molecular weight is 859 g/mol. The Morgan fingerprint density at radius 1 is 0.508 bits per heavy atom. The van der Waals surface area contributed by atoms with Gasteiger partial charge in [0, 0.05) is 19.3 Å². The Bertz CT molecular complexity index is 1140. The molecule has 61 heavy (non-hydrogen) atoms. The number of allylic oxidation sites excluding steroid dienone is 8. The van der Waals surface area contributed by atoms with Crippen molar-refractivity contribution in [3.63, 3.8) is 0 Å². The Balaban J connectivity index is 4.24. The molecule has 0 aliphatic rings. The summed E-state index contributed by atoms with van der Waals surface area (Å²) in [5.74, 6) is -1.48. The van der Waals surface area contributed by atoms with Crippen molar-refractivity contribution in [1.29, 1.82) is 0 Å². The summed E-state index contributed by atoms with van der Waals surface area (Å²) < 4.78 is 17.3. The van der Waals surface area contributed by atoms with Gasteiger partial charge in [0.05, 0.1) is 34.4 Å². The van der Waals surface area contributed by atoms with Gasteiger partial charge in [-0.2, -0.15) is 0 Å². The molecule has 0 rings (SSSR count). The van der Waals surface area contributed by atoms with Gasteiger partial charge in [-0.05, 0) is 57.8 Å². The number of likely N-dealkylation sites (N-methyl/N-ethyl adjacent to an activating group) is 1. The average Bonchev–Trinajstić information content (AvgIpc) is 3.22. The number of carboxylic acids is 1. The Labute approximate surface area is 376 Å². The Morgan fingerprint density at radius 3 is 1.39 bits per heavy atom. The molecular formula is C53H96NO7+. The first-order valence-corrected chi connectivity index (χ1v) is 25.2. The molecule has 8 nitrogen and oxygen atoms in total. The number of quaternary nitrogens is 1. The largest absolute Gasteiger partial charge is 0.477 e. The number of ether oxygens (including phenoxy) is 3. The van der Waals surface area contributed by atoms with Gasteiger partial charge < -0.3 is 23.8 Å². The van der Waals surface area contributed by atoms with Crippen LogP contribution in [0.5, 0.6) is 0 Å². The van der Waals surface area contributed by atoms with Crippen molar-refractivity contribution in [2.75, 3.05) is 41.0 Å². The van der Waals surface area contributed by atoms with Crippen molar-refractivity contribution in [3.05, 3.63) is 48.6 Å². The zero-order valence-corrected chi connectivity index (χ0v) is 40.4. The van der Waals surface area contributed by atoms with E-state index in [2.05, 4.69) is 62.5 Å². The highest BCUT2D eigenvalue weighted by Crippen LogP contribution is 2.15. The van der Waals surface area contributed by atoms with Crippen LogP contribution < -0.4 is 0 Å². The molecule has 0 aromatic rings. The Kier molecular flexibility index (Phi) is 42.0. The first kappa shape index (κ1) is 58.3. The van der Waals surface area contributed by atoms with Crippen LogP contribution in [-0.4, -0.2) is 80.6 Å². The van der Waals surface area contributed by atoms with Crippen molar-refractivity contribution in [1.82, 2.24) is 0 Å². The first-order chi connectivity index (χ1) is 29.6. The molecule has 0 aromatic heterocycles. The van der Waals surface area contributed by atoms with E-state index in [0.29, 0.717) is 19.3 Å². The molecular weight excluding hydrogens is 763 g/mol. The molecule has 0 saturated heterocycles. The SMILES string of the molecule is CC/C=C/C=C/C=C/CCCCCCCCCC(=O)OCC(COCCC(C(=O)O)[N+](C)(C)C)OC(=O)CCCCCCCCC/C=C/CCCCCCCCCCCCC. The summed E-state index contributed by atoms with van der Waals surface area (Å²) in [7, 11) is 5.53. The number of carbonyl (C=O) groups is 3. The molecule has 1 N–H and O–H groups in total. The maximum Gasteiger partial charge on any atom is 0.362 e. The van der Waals surface area contributed by atoms with Crippen LogP contribution in [0.25, 0.3) is 0 Å². The van der Waals surface area contributed by atoms with E-state index in [4.69, 9.17) is 14.2 Å². The molecule has 0 aromatic carbocycles. The molecule has 0 fully saturated rings. The maximum atomic E-state index is 12.8. The lowest BCUT2D eigenvalue weighted by molar-refractivity contribution is -0.887. The molecule has 0 aliphatic carbocycles. The summed E-state index contributed by atoms with van der Waals surface area (Å²) in [6.45, 7) is 4.61. The number of rotatable bonds is 45. The standard InChI is InChI=1S/C53H95NO7/c1-6-8-10-12-14-16-18-20-22-23-24-25-26-27-28-30-32-34-36-38-40-42-44-52(56)61-49(47-59-46-45-50(53(57)58)54(3,4)5)48-60-51(55)43-41-39-37-35-33-31-29-21-19-17-15-13-11-9-7-2/h9,11,13,15,17,19,26-27,49-50H,6-8,10,12,14,16,18,20-25,28-48H2,1-5H3/p+1/b11-9+,15-13+,19-17+,27-26+. The van der Waals surface area contributed by atoms with Crippen molar-refractivity contribution < 1.29 is 38.2 Å². The van der Waals surface area contributed by atoms with Gasteiger partial charge >= 0.3 is 17.9 Å². The fourth-order valence-electron chi connectivity index (χ4n) is 7.38. The molecule has 354 valence electrons. The summed E-state index contributed by atoms with van der Waals surface area (Å²) in [5, 5.41) is 9.64. The summed E-state index contributed by atoms with van der Waals surface area (Å²) in [4.78, 5) is 37.1. The molecule has 2 atom stereocenters. The summed E-state index contributed by atoms with van der Waals surface area (Å²) in [6, 6.07) is -0.618. The predicted molar refractivity (Wildman–Crippen MR) is 257 cm³/mol. The third-order valence-corrected chi connectivity index (χ3v) is 11.3. The third-order valence-electron chi connectivity index (χ3n) is 11.3. The minimum atomic E-state index is -0.877. The number of carbonyl (C=O) groups excluding carboxylic acids is 2. The summed E-state index contributed by atoms with van der Waals surface area (Å²) in [5.41, 5.74) is 0. The molecule has 0 spiro atoms. The fourth-order valence-corrected chi connectivity index (χ4v) is 7.38. The molecule has 0 heterocycles. The lowest BCUT2D eigenvalue weighted by atomic mass is 10.0. The van der Waals surface area contributed by atoms with Crippen LogP contribution in [-0.2, 0) is 28.6 Å². The fraction of sp³-hybridized carbons (Fsp3) is 0.792. The van der Waals surface area contributed by atoms with Gasteiger partial charge in [-0.1, -0.05) is 191 Å². The molecule has 0 amide bonds. The van der Waals surface area contributed by atoms with Gasteiger partial charge in [-0.15, -0.1) is 0 Å². The van der Waals surface area contributed by atoms with E-state index in [1.807, 2.05) is 21.1 Å². The van der Waals surface area contributed by atoms with E-state index < -0.39 is 18.1 Å². The highest BCUT2D eigenvalue weighted by atomic mass is 16.6. The van der Waals surface area contributed by atoms with E-state index in [-0.39, 0.29) is 36.2 Å². The maximum absolute atomic E-state index is 12.8. The number of nitrogens with zero attached hydrogens (tertiary/aromatic N) is 1. The second-order valence-corrected chi connectivity index (χ2v) is 18.1. The van der Waals surface area contributed by atoms with Crippen molar-refractivity contribution in [2.24, 2.45) is 0 Å². The highest BCUT2D eigenvalue weighted by Gasteiger charge is 2.31. The summed E-state index contributed by atoms with van der Waals surface area (Å²) in [6.07, 6.45) is 53.0. The van der Waals surface area contributed by atoms with Crippen LogP contribution in [0.2, 0.25) is 0 Å². The minimum Gasteiger partial charge on any atom is -0.477 e. The van der Waals surface area contributed by atoms with Crippen molar-refractivity contribution in [2.45, 2.75) is 231 Å². The number of aliphatic carboxylic acids is 1. The lowest BCUT2D eigenvalue weighted by Gasteiger charge is -2.31. The van der Waals surface area contributed by atoms with Gasteiger partial charge in [0.2, 0.25) is 0 Å². The summed E-state index contributed by atoms with van der Waals surface area (Å²) >= 11 is 0. The normalized spacial score (nSPS) is 13.3. The van der Waals surface area contributed by atoms with E-state index in [1.54, 1.807) is 0 Å². The van der Waals surface area contributed by atoms with Gasteiger partial charge in [0.1, 0.15) is 6.61 Å². The smallest absolute Gasteiger partial charge is 0.362 e. The topological polar surface area (TPSA) is 99.1 Å². The van der Waals surface area contributed by atoms with Gasteiger partial charge in [0.15, 0.2) is 12.1 Å². The van der Waals surface area contributed by atoms with Crippen LogP contribution in [0.1, 0.15) is 219 Å². The number of hydrogen-bond acceptors (Lipinski definition) is 6. The quantitative estimate of drug-likeness (QED) is 0.0214. The monoisotopic (exact) mass is 859 g/mol. The van der Waals surface area contributed by atoms with Gasteiger partial charge in [-0.3, -0.25) is 9.59 Å². The molecule has 8 heteroatoms. The molecule has 2 unspecified atom stereocenters. The van der Waals surface area contributed by atoms with Crippen LogP contribution in [0, 0.1) is 0 Å². The number of carboxylic acid groups (broad SMARTS) is 1.